The minimum atomic E-state index is -0.217. The molecule has 2 aromatic rings. The summed E-state index contributed by atoms with van der Waals surface area (Å²) in [6.45, 7) is 5.16. The van der Waals surface area contributed by atoms with Crippen LogP contribution in [0.1, 0.15) is 47.7 Å². The van der Waals surface area contributed by atoms with Crippen LogP contribution in [0.15, 0.2) is 6.07 Å². The SMILES string of the molecule is Cc1cc(C)n2nc(C(=O)N3CCCCC3CNC(=O)CCN)nc2n1.Cl.Cl. The zero-order chi connectivity index (χ0) is 18.7. The van der Waals surface area contributed by atoms with E-state index < -0.39 is 0 Å². The first-order valence-electron chi connectivity index (χ1n) is 8.98. The lowest BCUT2D eigenvalue weighted by Gasteiger charge is -2.35. The van der Waals surface area contributed by atoms with Crippen molar-refractivity contribution in [2.24, 2.45) is 5.73 Å². The van der Waals surface area contributed by atoms with Gasteiger partial charge in [0, 0.05) is 43.5 Å². The Kier molecular flexibility index (Phi) is 9.06. The van der Waals surface area contributed by atoms with Gasteiger partial charge in [0.25, 0.3) is 11.7 Å². The number of aryl methyl sites for hydroxylation is 2. The van der Waals surface area contributed by atoms with Crippen LogP contribution in [0.25, 0.3) is 5.78 Å². The molecule has 156 valence electrons. The van der Waals surface area contributed by atoms with Crippen molar-refractivity contribution in [1.82, 2.24) is 29.8 Å². The summed E-state index contributed by atoms with van der Waals surface area (Å²) in [6, 6.07) is 1.84. The van der Waals surface area contributed by atoms with E-state index in [1.54, 1.807) is 9.42 Å². The fraction of sp³-hybridized carbons (Fsp3) is 0.588. The van der Waals surface area contributed by atoms with Gasteiger partial charge in [-0.3, -0.25) is 9.59 Å². The highest BCUT2D eigenvalue weighted by atomic mass is 35.5. The number of aromatic nitrogens is 4. The predicted molar refractivity (Wildman–Crippen MR) is 110 cm³/mol. The highest BCUT2D eigenvalue weighted by Gasteiger charge is 2.30. The summed E-state index contributed by atoms with van der Waals surface area (Å²) in [4.78, 5) is 35.1. The molecular formula is C17H27Cl2N7O2. The smallest absolute Gasteiger partial charge is 0.293 e. The van der Waals surface area contributed by atoms with Crippen LogP contribution in [0.4, 0.5) is 0 Å². The average Bonchev–Trinajstić information content (AvgIpc) is 3.04. The van der Waals surface area contributed by atoms with Crippen LogP contribution in [0.5, 0.6) is 0 Å². The van der Waals surface area contributed by atoms with E-state index in [1.165, 1.54) is 0 Å². The molecule has 2 aromatic heterocycles. The van der Waals surface area contributed by atoms with Crippen molar-refractivity contribution < 1.29 is 9.59 Å². The molecule has 0 radical (unpaired) electrons. The number of nitrogens with zero attached hydrogens (tertiary/aromatic N) is 5. The topological polar surface area (TPSA) is 119 Å². The molecule has 1 saturated heterocycles. The number of rotatable bonds is 5. The van der Waals surface area contributed by atoms with Gasteiger partial charge in [-0.15, -0.1) is 29.9 Å². The Morgan fingerprint density at radius 2 is 2.00 bits per heavy atom. The maximum absolute atomic E-state index is 13.0. The van der Waals surface area contributed by atoms with Gasteiger partial charge in [-0.2, -0.15) is 4.98 Å². The minimum Gasteiger partial charge on any atom is -0.354 e. The van der Waals surface area contributed by atoms with E-state index in [1.807, 2.05) is 19.9 Å². The third-order valence-corrected chi connectivity index (χ3v) is 4.60. The molecule has 28 heavy (non-hydrogen) atoms. The lowest BCUT2D eigenvalue weighted by Crippen LogP contribution is -2.49. The Bertz CT molecular complexity index is 827. The van der Waals surface area contributed by atoms with Crippen LogP contribution < -0.4 is 11.1 Å². The summed E-state index contributed by atoms with van der Waals surface area (Å²) >= 11 is 0. The number of carbonyl (C=O) groups is 2. The maximum atomic E-state index is 13.0. The number of nitrogens with one attached hydrogen (secondary N) is 1. The Morgan fingerprint density at radius 3 is 2.71 bits per heavy atom. The zero-order valence-electron chi connectivity index (χ0n) is 16.1. The molecule has 3 rings (SSSR count). The van der Waals surface area contributed by atoms with Gasteiger partial charge in [-0.1, -0.05) is 0 Å². The van der Waals surface area contributed by atoms with Crippen LogP contribution in [0.2, 0.25) is 0 Å². The van der Waals surface area contributed by atoms with Crippen LogP contribution in [0.3, 0.4) is 0 Å². The van der Waals surface area contributed by atoms with Crippen molar-refractivity contribution in [3.05, 3.63) is 23.3 Å². The molecule has 1 aliphatic heterocycles. The number of piperidine rings is 1. The molecule has 1 fully saturated rings. The van der Waals surface area contributed by atoms with Gasteiger partial charge in [0.05, 0.1) is 0 Å². The van der Waals surface area contributed by atoms with Gasteiger partial charge in [-0.05, 0) is 39.2 Å². The number of hydrogen-bond donors (Lipinski definition) is 2. The minimum absolute atomic E-state index is 0. The molecule has 3 heterocycles. The molecule has 9 nitrogen and oxygen atoms in total. The fourth-order valence-corrected chi connectivity index (χ4v) is 3.32. The molecule has 3 N–H and O–H groups in total. The molecular weight excluding hydrogens is 405 g/mol. The van der Waals surface area contributed by atoms with Gasteiger partial charge in [0.2, 0.25) is 11.7 Å². The van der Waals surface area contributed by atoms with Crippen molar-refractivity contribution in [1.29, 1.82) is 0 Å². The van der Waals surface area contributed by atoms with Gasteiger partial charge >= 0.3 is 0 Å². The van der Waals surface area contributed by atoms with E-state index in [2.05, 4.69) is 20.4 Å². The van der Waals surface area contributed by atoms with Gasteiger partial charge in [0.1, 0.15) is 0 Å². The first kappa shape index (κ1) is 24.1. The van der Waals surface area contributed by atoms with Crippen LogP contribution in [0, 0.1) is 13.8 Å². The van der Waals surface area contributed by atoms with Crippen molar-refractivity contribution in [3.63, 3.8) is 0 Å². The Hall–Kier alpha value is -1.97. The number of carbonyl (C=O) groups excluding carboxylic acids is 2. The summed E-state index contributed by atoms with van der Waals surface area (Å²) in [5.74, 6) is 0.263. The Labute approximate surface area is 176 Å². The van der Waals surface area contributed by atoms with Crippen LogP contribution >= 0.6 is 24.8 Å². The molecule has 0 spiro atoms. The molecule has 1 aliphatic rings. The number of amides is 2. The summed E-state index contributed by atoms with van der Waals surface area (Å²) in [5, 5.41) is 7.20. The summed E-state index contributed by atoms with van der Waals surface area (Å²) in [5.41, 5.74) is 7.11. The summed E-state index contributed by atoms with van der Waals surface area (Å²) in [6.07, 6.45) is 3.10. The number of halogens is 2. The summed E-state index contributed by atoms with van der Waals surface area (Å²) in [7, 11) is 0. The lowest BCUT2D eigenvalue weighted by molar-refractivity contribution is -0.121. The highest BCUT2D eigenvalue weighted by Crippen LogP contribution is 2.19. The molecule has 0 aliphatic carbocycles. The molecule has 0 aromatic carbocycles. The first-order valence-corrected chi connectivity index (χ1v) is 8.98. The lowest BCUT2D eigenvalue weighted by atomic mass is 10.0. The third kappa shape index (κ3) is 5.30. The van der Waals surface area contributed by atoms with Crippen molar-refractivity contribution >= 4 is 42.4 Å². The second kappa shape index (κ2) is 10.5. The van der Waals surface area contributed by atoms with E-state index in [-0.39, 0.29) is 48.5 Å². The number of likely N-dealkylation sites (tertiary alicyclic amines) is 1. The van der Waals surface area contributed by atoms with Gasteiger partial charge < -0.3 is 16.0 Å². The van der Waals surface area contributed by atoms with Crippen molar-refractivity contribution in [3.8, 4) is 0 Å². The van der Waals surface area contributed by atoms with Crippen LogP contribution in [-0.4, -0.2) is 62.0 Å². The molecule has 0 bridgehead atoms. The van der Waals surface area contributed by atoms with E-state index in [4.69, 9.17) is 5.73 Å². The Morgan fingerprint density at radius 1 is 1.25 bits per heavy atom. The normalized spacial score (nSPS) is 16.2. The number of fused-ring (bicyclic) bond motifs is 1. The highest BCUT2D eigenvalue weighted by molar-refractivity contribution is 5.91. The quantitative estimate of drug-likeness (QED) is 0.729. The second-order valence-corrected chi connectivity index (χ2v) is 6.68. The molecule has 1 atom stereocenters. The van der Waals surface area contributed by atoms with Crippen LogP contribution in [-0.2, 0) is 4.79 Å². The number of nitrogens with two attached hydrogens (primary N) is 1. The monoisotopic (exact) mass is 431 g/mol. The van der Waals surface area contributed by atoms with Crippen molar-refractivity contribution in [2.45, 2.75) is 45.6 Å². The largest absolute Gasteiger partial charge is 0.354 e. The fourth-order valence-electron chi connectivity index (χ4n) is 3.32. The third-order valence-electron chi connectivity index (χ3n) is 4.60. The van der Waals surface area contributed by atoms with Crippen molar-refractivity contribution in [2.75, 3.05) is 19.6 Å². The van der Waals surface area contributed by atoms with E-state index >= 15 is 0 Å². The molecule has 11 heteroatoms. The van der Waals surface area contributed by atoms with E-state index in [0.717, 1.165) is 30.7 Å². The number of hydrogen-bond acceptors (Lipinski definition) is 6. The molecule has 1 unspecified atom stereocenters. The summed E-state index contributed by atoms with van der Waals surface area (Å²) < 4.78 is 1.59. The second-order valence-electron chi connectivity index (χ2n) is 6.68. The average molecular weight is 432 g/mol. The van der Waals surface area contributed by atoms with E-state index in [0.29, 0.717) is 31.8 Å². The maximum Gasteiger partial charge on any atom is 0.293 e. The Balaban J connectivity index is 0.00000196. The van der Waals surface area contributed by atoms with Gasteiger partial charge in [-0.25, -0.2) is 9.50 Å². The van der Waals surface area contributed by atoms with E-state index in [9.17, 15) is 9.59 Å². The zero-order valence-corrected chi connectivity index (χ0v) is 17.7. The standard InChI is InChI=1S/C17H25N7O2.2ClH/c1-11-9-12(2)24-17(20-11)21-15(22-24)16(26)23-8-4-3-5-13(23)10-19-14(25)6-7-18;;/h9,13H,3-8,10,18H2,1-2H3,(H,19,25);2*1H. The predicted octanol–water partition coefficient (Wildman–Crippen LogP) is 1.04. The first-order chi connectivity index (χ1) is 12.5. The van der Waals surface area contributed by atoms with Gasteiger partial charge in [0.15, 0.2) is 0 Å². The molecule has 2 amide bonds. The molecule has 0 saturated carbocycles.